The van der Waals surface area contributed by atoms with Crippen molar-refractivity contribution in [2.45, 2.75) is 13.5 Å². The second-order valence-electron chi connectivity index (χ2n) is 9.52. The van der Waals surface area contributed by atoms with Crippen LogP contribution in [0.4, 0.5) is 5.69 Å². The summed E-state index contributed by atoms with van der Waals surface area (Å²) in [5, 5.41) is 0. The molecule has 176 valence electrons. The van der Waals surface area contributed by atoms with E-state index in [9.17, 15) is 4.79 Å². The SMILES string of the molecule is Cc1ccccc1-c1ccc(N2CCN(C)CC2)c(C(=O)C=Cc2cccc(CN(C)C)c2)c1. The van der Waals surface area contributed by atoms with Gasteiger partial charge in [0, 0.05) is 44.0 Å². The summed E-state index contributed by atoms with van der Waals surface area (Å²) < 4.78 is 0. The lowest BCUT2D eigenvalue weighted by molar-refractivity contribution is 0.104. The summed E-state index contributed by atoms with van der Waals surface area (Å²) in [6, 6.07) is 23.1. The number of carbonyl (C=O) groups is 1. The van der Waals surface area contributed by atoms with Crippen LogP contribution in [0.1, 0.15) is 27.0 Å². The summed E-state index contributed by atoms with van der Waals surface area (Å²) in [6.07, 6.45) is 3.67. The molecule has 1 aliphatic heterocycles. The molecule has 4 nitrogen and oxygen atoms in total. The van der Waals surface area contributed by atoms with Gasteiger partial charge in [0.25, 0.3) is 0 Å². The molecule has 0 aromatic heterocycles. The highest BCUT2D eigenvalue weighted by Gasteiger charge is 2.20. The van der Waals surface area contributed by atoms with E-state index in [0.29, 0.717) is 0 Å². The Morgan fingerprint density at radius 3 is 2.44 bits per heavy atom. The van der Waals surface area contributed by atoms with Gasteiger partial charge >= 0.3 is 0 Å². The molecule has 0 bridgehead atoms. The molecule has 1 heterocycles. The summed E-state index contributed by atoms with van der Waals surface area (Å²) in [7, 11) is 6.28. The first kappa shape index (κ1) is 23.9. The van der Waals surface area contributed by atoms with Gasteiger partial charge in [0.1, 0.15) is 0 Å². The third kappa shape index (κ3) is 5.82. The van der Waals surface area contributed by atoms with Crippen LogP contribution in [-0.4, -0.2) is 62.9 Å². The minimum atomic E-state index is 0.0439. The Morgan fingerprint density at radius 1 is 0.941 bits per heavy atom. The number of ketones is 1. The summed E-state index contributed by atoms with van der Waals surface area (Å²) in [4.78, 5) is 20.4. The number of allylic oxidation sites excluding steroid dienone is 1. The number of likely N-dealkylation sites (N-methyl/N-ethyl adjacent to an activating group) is 1. The molecular weight excluding hydrogens is 418 g/mol. The maximum atomic E-state index is 13.5. The average Bonchev–Trinajstić information content (AvgIpc) is 2.83. The Balaban J connectivity index is 1.67. The summed E-state index contributed by atoms with van der Waals surface area (Å²) in [6.45, 7) is 6.85. The largest absolute Gasteiger partial charge is 0.368 e. The van der Waals surface area contributed by atoms with E-state index < -0.39 is 0 Å². The van der Waals surface area contributed by atoms with Crippen LogP contribution in [0, 0.1) is 6.92 Å². The number of nitrogens with zero attached hydrogens (tertiary/aromatic N) is 3. The van der Waals surface area contributed by atoms with Crippen LogP contribution in [0.3, 0.4) is 0 Å². The van der Waals surface area contributed by atoms with Crippen molar-refractivity contribution >= 4 is 17.5 Å². The van der Waals surface area contributed by atoms with Crippen LogP contribution in [-0.2, 0) is 6.54 Å². The van der Waals surface area contributed by atoms with E-state index in [0.717, 1.165) is 55.1 Å². The first-order valence-corrected chi connectivity index (χ1v) is 12.0. The van der Waals surface area contributed by atoms with E-state index >= 15 is 0 Å². The zero-order valence-electron chi connectivity index (χ0n) is 20.8. The van der Waals surface area contributed by atoms with Crippen LogP contribution in [0.25, 0.3) is 17.2 Å². The summed E-state index contributed by atoms with van der Waals surface area (Å²) in [5.74, 6) is 0.0439. The van der Waals surface area contributed by atoms with Gasteiger partial charge < -0.3 is 14.7 Å². The van der Waals surface area contributed by atoms with Gasteiger partial charge in [-0.05, 0) is 74.1 Å². The number of aryl methyl sites for hydroxylation is 1. The van der Waals surface area contributed by atoms with Crippen molar-refractivity contribution < 1.29 is 4.79 Å². The highest BCUT2D eigenvalue weighted by molar-refractivity contribution is 6.11. The maximum absolute atomic E-state index is 13.5. The van der Waals surface area contributed by atoms with Gasteiger partial charge in [0.05, 0.1) is 0 Å². The highest BCUT2D eigenvalue weighted by atomic mass is 16.1. The van der Waals surface area contributed by atoms with E-state index in [4.69, 9.17) is 0 Å². The second kappa shape index (κ2) is 10.8. The topological polar surface area (TPSA) is 26.8 Å². The summed E-state index contributed by atoms with van der Waals surface area (Å²) >= 11 is 0. The molecule has 0 spiro atoms. The van der Waals surface area contributed by atoms with Gasteiger partial charge in [-0.25, -0.2) is 0 Å². The normalized spacial score (nSPS) is 14.8. The first-order chi connectivity index (χ1) is 16.4. The van der Waals surface area contributed by atoms with Crippen molar-refractivity contribution in [1.82, 2.24) is 9.80 Å². The van der Waals surface area contributed by atoms with Crippen LogP contribution in [0.15, 0.2) is 72.8 Å². The summed E-state index contributed by atoms with van der Waals surface area (Å²) in [5.41, 5.74) is 7.54. The van der Waals surface area contributed by atoms with Gasteiger partial charge in [-0.3, -0.25) is 4.79 Å². The van der Waals surface area contributed by atoms with Crippen molar-refractivity contribution in [2.24, 2.45) is 0 Å². The molecule has 3 aromatic carbocycles. The van der Waals surface area contributed by atoms with Crippen LogP contribution < -0.4 is 4.90 Å². The molecule has 4 rings (SSSR count). The Morgan fingerprint density at radius 2 is 1.71 bits per heavy atom. The Labute approximate surface area is 204 Å². The number of benzene rings is 3. The molecule has 1 saturated heterocycles. The molecule has 0 saturated carbocycles. The van der Waals surface area contributed by atoms with E-state index in [1.54, 1.807) is 6.08 Å². The molecule has 0 radical (unpaired) electrons. The third-order valence-electron chi connectivity index (χ3n) is 6.44. The molecule has 0 atom stereocenters. The Hall–Kier alpha value is -3.21. The highest BCUT2D eigenvalue weighted by Crippen LogP contribution is 2.31. The fraction of sp³-hybridized carbons (Fsp3) is 0.300. The molecule has 3 aromatic rings. The molecule has 1 fully saturated rings. The van der Waals surface area contributed by atoms with Crippen molar-refractivity contribution in [3.63, 3.8) is 0 Å². The molecule has 0 unspecified atom stereocenters. The fourth-order valence-corrected chi connectivity index (χ4v) is 4.54. The van der Waals surface area contributed by atoms with E-state index in [-0.39, 0.29) is 5.78 Å². The van der Waals surface area contributed by atoms with Crippen molar-refractivity contribution in [3.8, 4) is 11.1 Å². The minimum absolute atomic E-state index is 0.0439. The average molecular weight is 454 g/mol. The van der Waals surface area contributed by atoms with E-state index in [1.807, 2.05) is 12.1 Å². The van der Waals surface area contributed by atoms with E-state index in [2.05, 4.69) is 103 Å². The first-order valence-electron chi connectivity index (χ1n) is 12.0. The smallest absolute Gasteiger partial charge is 0.187 e. The second-order valence-corrected chi connectivity index (χ2v) is 9.52. The lowest BCUT2D eigenvalue weighted by Crippen LogP contribution is -2.45. The lowest BCUT2D eigenvalue weighted by atomic mass is 9.95. The number of piperazine rings is 1. The molecule has 0 N–H and O–H groups in total. The van der Waals surface area contributed by atoms with Crippen LogP contribution in [0.5, 0.6) is 0 Å². The molecular formula is C30H35N3O. The molecule has 4 heteroatoms. The molecule has 0 amide bonds. The predicted octanol–water partition coefficient (Wildman–Crippen LogP) is 5.37. The third-order valence-corrected chi connectivity index (χ3v) is 6.44. The van der Waals surface area contributed by atoms with Gasteiger partial charge in [0.2, 0.25) is 0 Å². The monoisotopic (exact) mass is 453 g/mol. The zero-order valence-corrected chi connectivity index (χ0v) is 20.8. The van der Waals surface area contributed by atoms with E-state index in [1.165, 1.54) is 16.7 Å². The van der Waals surface area contributed by atoms with Crippen LogP contribution in [0.2, 0.25) is 0 Å². The van der Waals surface area contributed by atoms with Crippen molar-refractivity contribution in [2.75, 3.05) is 52.2 Å². The maximum Gasteiger partial charge on any atom is 0.187 e. The van der Waals surface area contributed by atoms with Crippen molar-refractivity contribution in [1.29, 1.82) is 0 Å². The number of hydrogen-bond acceptors (Lipinski definition) is 4. The number of anilines is 1. The van der Waals surface area contributed by atoms with Gasteiger partial charge in [0.15, 0.2) is 5.78 Å². The van der Waals surface area contributed by atoms with Crippen LogP contribution >= 0.6 is 0 Å². The van der Waals surface area contributed by atoms with Gasteiger partial charge in [-0.2, -0.15) is 0 Å². The Bertz CT molecular complexity index is 1170. The molecule has 34 heavy (non-hydrogen) atoms. The predicted molar refractivity (Wildman–Crippen MR) is 144 cm³/mol. The van der Waals surface area contributed by atoms with Gasteiger partial charge in [-0.15, -0.1) is 0 Å². The fourth-order valence-electron chi connectivity index (χ4n) is 4.54. The number of hydrogen-bond donors (Lipinski definition) is 0. The quantitative estimate of drug-likeness (QED) is 0.355. The zero-order chi connectivity index (χ0) is 24.1. The Kier molecular flexibility index (Phi) is 7.61. The van der Waals surface area contributed by atoms with Crippen molar-refractivity contribution in [3.05, 3.63) is 95.1 Å². The standard InChI is InChI=1S/C30H35N3O/c1-23-8-5-6-11-27(23)26-13-14-29(33-18-16-32(4)17-19-33)28(21-26)30(34)15-12-24-9-7-10-25(20-24)22-31(2)3/h5-15,20-21H,16-19,22H2,1-4H3. The lowest BCUT2D eigenvalue weighted by Gasteiger charge is -2.35. The molecule has 0 aliphatic carbocycles. The number of rotatable bonds is 7. The molecule has 1 aliphatic rings. The number of carbonyl (C=O) groups excluding carboxylic acids is 1. The minimum Gasteiger partial charge on any atom is -0.368 e. The van der Waals surface area contributed by atoms with Gasteiger partial charge in [-0.1, -0.05) is 60.7 Å².